The second kappa shape index (κ2) is 10.3. The van der Waals surface area contributed by atoms with E-state index in [1.165, 1.54) is 4.90 Å². The minimum absolute atomic E-state index is 0.0301. The fraction of sp³-hybridized carbons (Fsp3) is 0.333. The first-order chi connectivity index (χ1) is 13.3. The Bertz CT molecular complexity index is 810. The number of nitrogens with zero attached hydrogens (tertiary/aromatic N) is 1. The van der Waals surface area contributed by atoms with E-state index in [0.717, 1.165) is 5.56 Å². The van der Waals surface area contributed by atoms with Gasteiger partial charge in [-0.3, -0.25) is 9.59 Å². The number of rotatable bonds is 8. The second-order valence-corrected chi connectivity index (χ2v) is 7.54. The van der Waals surface area contributed by atoms with Gasteiger partial charge in [-0.15, -0.1) is 0 Å². The lowest BCUT2D eigenvalue weighted by atomic mass is 10.1. The lowest BCUT2D eigenvalue weighted by molar-refractivity contribution is -0.142. The molecule has 2 rings (SSSR count). The number of ether oxygens (including phenoxy) is 1. The quantitative estimate of drug-likeness (QED) is 0.688. The molecule has 0 spiro atoms. The summed E-state index contributed by atoms with van der Waals surface area (Å²) in [5.41, 5.74) is 0.758. The van der Waals surface area contributed by atoms with E-state index in [2.05, 4.69) is 5.32 Å². The highest BCUT2D eigenvalue weighted by atomic mass is 35.5. The average molecular weight is 423 g/mol. The molecular weight excluding hydrogens is 399 g/mol. The Balaban J connectivity index is 2.15. The van der Waals surface area contributed by atoms with Gasteiger partial charge in [0, 0.05) is 22.6 Å². The van der Waals surface area contributed by atoms with Crippen LogP contribution in [0, 0.1) is 0 Å². The van der Waals surface area contributed by atoms with Gasteiger partial charge < -0.3 is 15.0 Å². The van der Waals surface area contributed by atoms with Crippen molar-refractivity contribution >= 4 is 35.0 Å². The Morgan fingerprint density at radius 1 is 1.04 bits per heavy atom. The van der Waals surface area contributed by atoms with E-state index in [0.29, 0.717) is 15.8 Å². The van der Waals surface area contributed by atoms with E-state index in [1.54, 1.807) is 37.3 Å². The number of hydrogen-bond acceptors (Lipinski definition) is 3. The Labute approximate surface area is 175 Å². The molecule has 1 N–H and O–H groups in total. The first-order valence-electron chi connectivity index (χ1n) is 8.99. The van der Waals surface area contributed by atoms with Crippen LogP contribution in [0.5, 0.6) is 5.75 Å². The molecule has 0 radical (unpaired) electrons. The Morgan fingerprint density at radius 2 is 1.68 bits per heavy atom. The largest absolute Gasteiger partial charge is 0.484 e. The van der Waals surface area contributed by atoms with Crippen molar-refractivity contribution in [2.75, 3.05) is 6.61 Å². The normalized spacial score (nSPS) is 11.8. The van der Waals surface area contributed by atoms with E-state index in [-0.39, 0.29) is 31.0 Å². The summed E-state index contributed by atoms with van der Waals surface area (Å²) in [5, 5.41) is 3.96. The van der Waals surface area contributed by atoms with Crippen molar-refractivity contribution in [1.82, 2.24) is 10.2 Å². The smallest absolute Gasteiger partial charge is 0.261 e. The zero-order valence-electron chi connectivity index (χ0n) is 16.1. The number of carbonyl (C=O) groups is 2. The van der Waals surface area contributed by atoms with Crippen molar-refractivity contribution in [3.05, 3.63) is 64.1 Å². The predicted molar refractivity (Wildman–Crippen MR) is 112 cm³/mol. The topological polar surface area (TPSA) is 58.6 Å². The van der Waals surface area contributed by atoms with Crippen molar-refractivity contribution in [1.29, 1.82) is 0 Å². The van der Waals surface area contributed by atoms with E-state index < -0.39 is 6.04 Å². The minimum Gasteiger partial charge on any atom is -0.484 e. The van der Waals surface area contributed by atoms with Crippen LogP contribution in [0.4, 0.5) is 0 Å². The van der Waals surface area contributed by atoms with Gasteiger partial charge in [0.2, 0.25) is 5.91 Å². The SMILES string of the molecule is CC(C)NC(=O)C(C)N(Cc1ccccc1Cl)C(=O)COc1ccc(Cl)cc1. The molecule has 5 nitrogen and oxygen atoms in total. The fourth-order valence-electron chi connectivity index (χ4n) is 2.56. The van der Waals surface area contributed by atoms with Gasteiger partial charge >= 0.3 is 0 Å². The van der Waals surface area contributed by atoms with Crippen LogP contribution in [0.15, 0.2) is 48.5 Å². The molecule has 2 aromatic carbocycles. The van der Waals surface area contributed by atoms with Crippen LogP contribution < -0.4 is 10.1 Å². The summed E-state index contributed by atoms with van der Waals surface area (Å²) < 4.78 is 5.57. The molecule has 150 valence electrons. The molecule has 0 aliphatic carbocycles. The Morgan fingerprint density at radius 3 is 2.29 bits per heavy atom. The summed E-state index contributed by atoms with van der Waals surface area (Å²) >= 11 is 12.1. The van der Waals surface area contributed by atoms with Gasteiger partial charge in [0.1, 0.15) is 11.8 Å². The van der Waals surface area contributed by atoms with Crippen molar-refractivity contribution in [2.45, 2.75) is 39.4 Å². The first kappa shape index (κ1) is 22.1. The van der Waals surface area contributed by atoms with Gasteiger partial charge in [0.05, 0.1) is 0 Å². The van der Waals surface area contributed by atoms with Gasteiger partial charge in [-0.05, 0) is 56.7 Å². The number of hydrogen-bond donors (Lipinski definition) is 1. The molecule has 2 aromatic rings. The van der Waals surface area contributed by atoms with Gasteiger partial charge in [-0.25, -0.2) is 0 Å². The van der Waals surface area contributed by atoms with Crippen LogP contribution in [0.1, 0.15) is 26.3 Å². The summed E-state index contributed by atoms with van der Waals surface area (Å²) in [6, 6.07) is 13.3. The standard InChI is InChI=1S/C21H24Cl2N2O3/c1-14(2)24-21(27)15(3)25(12-16-6-4-5-7-19(16)23)20(26)13-28-18-10-8-17(22)9-11-18/h4-11,14-15H,12-13H2,1-3H3,(H,24,27). The van der Waals surface area contributed by atoms with Crippen molar-refractivity contribution < 1.29 is 14.3 Å². The van der Waals surface area contributed by atoms with E-state index >= 15 is 0 Å². The molecule has 1 unspecified atom stereocenters. The number of nitrogens with one attached hydrogen (secondary N) is 1. The third-order valence-corrected chi connectivity index (χ3v) is 4.69. The minimum atomic E-state index is -0.681. The molecule has 7 heteroatoms. The van der Waals surface area contributed by atoms with Crippen LogP contribution >= 0.6 is 23.2 Å². The van der Waals surface area contributed by atoms with Crippen LogP contribution in [0.2, 0.25) is 10.0 Å². The molecule has 0 saturated carbocycles. The highest BCUT2D eigenvalue weighted by molar-refractivity contribution is 6.31. The molecule has 0 bridgehead atoms. The summed E-state index contributed by atoms with van der Waals surface area (Å²) in [6.45, 7) is 5.43. The second-order valence-electron chi connectivity index (χ2n) is 6.69. The maximum Gasteiger partial charge on any atom is 0.261 e. The van der Waals surface area contributed by atoms with E-state index in [9.17, 15) is 9.59 Å². The van der Waals surface area contributed by atoms with Crippen LogP contribution in [0.25, 0.3) is 0 Å². The lowest BCUT2D eigenvalue weighted by Gasteiger charge is -2.29. The molecule has 0 heterocycles. The zero-order chi connectivity index (χ0) is 20.7. The Hall–Kier alpha value is -2.24. The molecule has 0 aromatic heterocycles. The molecule has 2 amide bonds. The van der Waals surface area contributed by atoms with E-state index in [4.69, 9.17) is 27.9 Å². The third-order valence-electron chi connectivity index (χ3n) is 4.07. The van der Waals surface area contributed by atoms with Gasteiger partial charge in [-0.1, -0.05) is 41.4 Å². The molecular formula is C21H24Cl2N2O3. The van der Waals surface area contributed by atoms with Gasteiger partial charge in [0.25, 0.3) is 5.91 Å². The lowest BCUT2D eigenvalue weighted by Crippen LogP contribution is -2.50. The predicted octanol–water partition coefficient (Wildman–Crippen LogP) is 4.31. The zero-order valence-corrected chi connectivity index (χ0v) is 17.6. The number of halogens is 2. The highest BCUT2D eigenvalue weighted by Crippen LogP contribution is 2.20. The maximum absolute atomic E-state index is 12.9. The van der Waals surface area contributed by atoms with Crippen LogP contribution in [-0.2, 0) is 16.1 Å². The molecule has 0 fully saturated rings. The summed E-state index contributed by atoms with van der Waals surface area (Å²) in [7, 11) is 0. The third kappa shape index (κ3) is 6.43. The average Bonchev–Trinajstić information content (AvgIpc) is 2.65. The fourth-order valence-corrected chi connectivity index (χ4v) is 2.88. The Kier molecular flexibility index (Phi) is 8.15. The molecule has 0 aliphatic heterocycles. The number of benzene rings is 2. The van der Waals surface area contributed by atoms with Crippen molar-refractivity contribution in [2.24, 2.45) is 0 Å². The monoisotopic (exact) mass is 422 g/mol. The summed E-state index contributed by atoms with van der Waals surface area (Å²) in [6.07, 6.45) is 0. The van der Waals surface area contributed by atoms with Crippen LogP contribution in [-0.4, -0.2) is 35.4 Å². The summed E-state index contributed by atoms with van der Waals surface area (Å²) in [5.74, 6) is -0.0297. The number of amides is 2. The first-order valence-corrected chi connectivity index (χ1v) is 9.75. The molecule has 28 heavy (non-hydrogen) atoms. The van der Waals surface area contributed by atoms with Gasteiger partial charge in [-0.2, -0.15) is 0 Å². The van der Waals surface area contributed by atoms with Crippen molar-refractivity contribution in [3.8, 4) is 5.75 Å². The van der Waals surface area contributed by atoms with Gasteiger partial charge in [0.15, 0.2) is 6.61 Å². The molecule has 1 atom stereocenters. The van der Waals surface area contributed by atoms with Crippen molar-refractivity contribution in [3.63, 3.8) is 0 Å². The summed E-state index contributed by atoms with van der Waals surface area (Å²) in [4.78, 5) is 26.8. The molecule has 0 saturated heterocycles. The van der Waals surface area contributed by atoms with E-state index in [1.807, 2.05) is 32.0 Å². The highest BCUT2D eigenvalue weighted by Gasteiger charge is 2.27. The maximum atomic E-state index is 12.9. The molecule has 0 aliphatic rings. The van der Waals surface area contributed by atoms with Crippen LogP contribution in [0.3, 0.4) is 0 Å². The number of carbonyl (C=O) groups excluding carboxylic acids is 2.